The lowest BCUT2D eigenvalue weighted by Crippen LogP contribution is -2.14. The summed E-state index contributed by atoms with van der Waals surface area (Å²) in [7, 11) is -4.78. The highest BCUT2D eigenvalue weighted by molar-refractivity contribution is 7.93. The number of anilines is 4. The molecule has 0 heterocycles. The van der Waals surface area contributed by atoms with Crippen molar-refractivity contribution in [2.75, 3.05) is 34.3 Å². The first kappa shape index (κ1) is 39.6. The van der Waals surface area contributed by atoms with Gasteiger partial charge in [-0.2, -0.15) is 0 Å². The Hall–Kier alpha value is -6.06. The number of rotatable bonds is 13. The van der Waals surface area contributed by atoms with Crippen LogP contribution in [0.15, 0.2) is 143 Å². The zero-order valence-corrected chi connectivity index (χ0v) is 32.7. The minimum Gasteiger partial charge on any atom is -0.495 e. The summed E-state index contributed by atoms with van der Waals surface area (Å²) in [5, 5.41) is 6.47. The summed E-state index contributed by atoms with van der Waals surface area (Å²) >= 11 is 11.7. The van der Waals surface area contributed by atoms with Crippen molar-refractivity contribution in [3.05, 3.63) is 155 Å². The molecule has 0 saturated heterocycles. The first-order valence-electron chi connectivity index (χ1n) is 16.5. The minimum absolute atomic E-state index is 0.0435. The van der Waals surface area contributed by atoms with Gasteiger partial charge in [0.2, 0.25) is 0 Å². The van der Waals surface area contributed by atoms with Crippen molar-refractivity contribution >= 4 is 77.8 Å². The Labute approximate surface area is 333 Å². The van der Waals surface area contributed by atoms with E-state index < -0.39 is 31.9 Å². The molecule has 0 unspecified atom stereocenters. The molecule has 4 N–H and O–H groups in total. The number of halogens is 2. The monoisotopic (exact) mass is 830 g/mol. The summed E-state index contributed by atoms with van der Waals surface area (Å²) in [5.74, 6) is -0.144. The molecule has 0 aliphatic rings. The highest BCUT2D eigenvalue weighted by Gasteiger charge is 2.18. The molecule has 0 spiro atoms. The highest BCUT2D eigenvalue weighted by atomic mass is 35.5. The van der Waals surface area contributed by atoms with Gasteiger partial charge >= 0.3 is 0 Å². The third-order valence-electron chi connectivity index (χ3n) is 8.28. The Bertz CT molecular complexity index is 2440. The molecule has 16 heteroatoms. The number of methoxy groups -OCH3 is 2. The molecular weight excluding hydrogens is 799 g/mol. The van der Waals surface area contributed by atoms with Gasteiger partial charge in [0, 0.05) is 32.5 Å². The predicted molar refractivity (Wildman–Crippen MR) is 218 cm³/mol. The summed E-state index contributed by atoms with van der Waals surface area (Å²) in [6, 6.07) is 33.8. The van der Waals surface area contributed by atoms with Crippen LogP contribution in [-0.4, -0.2) is 42.9 Å². The largest absolute Gasteiger partial charge is 0.495 e. The van der Waals surface area contributed by atoms with Crippen LogP contribution in [0.25, 0.3) is 11.1 Å². The Morgan fingerprint density at radius 1 is 0.482 bits per heavy atom. The maximum atomic E-state index is 13.1. The van der Waals surface area contributed by atoms with Crippen molar-refractivity contribution < 1.29 is 35.9 Å². The second kappa shape index (κ2) is 16.8. The Balaban J connectivity index is 1.10. The fourth-order valence-electron chi connectivity index (χ4n) is 5.37. The van der Waals surface area contributed by atoms with Crippen LogP contribution in [-0.2, 0) is 20.0 Å². The van der Waals surface area contributed by atoms with Crippen molar-refractivity contribution in [3.8, 4) is 22.6 Å². The molecule has 0 aliphatic heterocycles. The molecule has 6 aromatic rings. The molecule has 0 bridgehead atoms. The van der Waals surface area contributed by atoms with Crippen LogP contribution in [0.1, 0.15) is 20.7 Å². The lowest BCUT2D eigenvalue weighted by molar-refractivity contribution is 0.101. The number of ether oxygens (including phenoxy) is 2. The first-order chi connectivity index (χ1) is 26.7. The topological polar surface area (TPSA) is 169 Å². The lowest BCUT2D eigenvalue weighted by atomic mass is 10.0. The molecule has 6 rings (SSSR count). The number of nitrogens with one attached hydrogen (secondary N) is 4. The maximum absolute atomic E-state index is 13.1. The first-order valence-corrected chi connectivity index (χ1v) is 20.2. The second-order valence-electron chi connectivity index (χ2n) is 12.0. The van der Waals surface area contributed by atoms with Gasteiger partial charge in [0.1, 0.15) is 11.5 Å². The molecule has 286 valence electrons. The van der Waals surface area contributed by atoms with Gasteiger partial charge in [-0.25, -0.2) is 16.8 Å². The zero-order chi connectivity index (χ0) is 40.0. The molecule has 0 saturated carbocycles. The molecule has 0 radical (unpaired) electrons. The van der Waals surface area contributed by atoms with E-state index in [1.54, 1.807) is 36.4 Å². The molecule has 12 nitrogen and oxygen atoms in total. The Morgan fingerprint density at radius 3 is 1.14 bits per heavy atom. The number of carbonyl (C=O) groups is 2. The van der Waals surface area contributed by atoms with Crippen LogP contribution >= 0.6 is 23.2 Å². The van der Waals surface area contributed by atoms with Crippen LogP contribution in [0, 0.1) is 0 Å². The zero-order valence-electron chi connectivity index (χ0n) is 29.5. The third-order valence-corrected chi connectivity index (χ3v) is 11.6. The molecule has 0 atom stereocenters. The summed E-state index contributed by atoms with van der Waals surface area (Å²) in [4.78, 5) is 26.4. The van der Waals surface area contributed by atoms with Gasteiger partial charge in [-0.3, -0.25) is 19.0 Å². The molecule has 6 aromatic carbocycles. The molecule has 0 aromatic heterocycles. The van der Waals surface area contributed by atoms with Gasteiger partial charge in [-0.15, -0.1) is 0 Å². The number of carbonyl (C=O) groups excluding carboxylic acids is 2. The van der Waals surface area contributed by atoms with Gasteiger partial charge in [0.15, 0.2) is 0 Å². The molecule has 56 heavy (non-hydrogen) atoms. The Kier molecular flexibility index (Phi) is 11.9. The molecular formula is C40H32Cl2N4O8S2. The van der Waals surface area contributed by atoms with E-state index in [2.05, 4.69) is 20.1 Å². The SMILES string of the molecule is COc1cc(-c2ccc(NC(=O)c3ccc(NS(=O)(=O)c4ccc(Cl)cc4)cc3)c(OC)c2)ccc1NC(=O)c1ccc(NS(=O)(=O)c2ccc(Cl)cc2)cc1. The quantitative estimate of drug-likeness (QED) is 0.0896. The van der Waals surface area contributed by atoms with E-state index in [9.17, 15) is 26.4 Å². The van der Waals surface area contributed by atoms with E-state index in [-0.39, 0.29) is 32.3 Å². The van der Waals surface area contributed by atoms with E-state index in [0.29, 0.717) is 32.9 Å². The summed E-state index contributed by atoms with van der Waals surface area (Å²) in [6.07, 6.45) is 0. The van der Waals surface area contributed by atoms with Gasteiger partial charge in [0.05, 0.1) is 35.4 Å². The van der Waals surface area contributed by atoms with Crippen molar-refractivity contribution in [1.82, 2.24) is 0 Å². The van der Waals surface area contributed by atoms with E-state index in [1.807, 2.05) is 0 Å². The number of hydrogen-bond donors (Lipinski definition) is 4. The second-order valence-corrected chi connectivity index (χ2v) is 16.2. The van der Waals surface area contributed by atoms with Crippen LogP contribution in [0.3, 0.4) is 0 Å². The van der Waals surface area contributed by atoms with Crippen molar-refractivity contribution in [3.63, 3.8) is 0 Å². The van der Waals surface area contributed by atoms with E-state index in [4.69, 9.17) is 32.7 Å². The smallest absolute Gasteiger partial charge is 0.261 e. The number of sulfonamides is 2. The average Bonchev–Trinajstić information content (AvgIpc) is 3.18. The predicted octanol–water partition coefficient (Wildman–Crippen LogP) is 8.78. The van der Waals surface area contributed by atoms with Crippen molar-refractivity contribution in [2.24, 2.45) is 0 Å². The van der Waals surface area contributed by atoms with Gasteiger partial charge in [-0.1, -0.05) is 35.3 Å². The van der Waals surface area contributed by atoms with Crippen LogP contribution in [0.2, 0.25) is 10.0 Å². The fraction of sp³-hybridized carbons (Fsp3) is 0.0500. The van der Waals surface area contributed by atoms with Gasteiger partial charge in [-0.05, 0) is 132 Å². The number of benzene rings is 6. The maximum Gasteiger partial charge on any atom is 0.261 e. The minimum atomic E-state index is -3.86. The fourth-order valence-corrected chi connectivity index (χ4v) is 7.74. The van der Waals surface area contributed by atoms with Gasteiger partial charge in [0.25, 0.3) is 31.9 Å². The normalized spacial score (nSPS) is 11.3. The summed E-state index contributed by atoms with van der Waals surface area (Å²) in [5.41, 5.74) is 3.35. The number of hydrogen-bond acceptors (Lipinski definition) is 8. The van der Waals surface area contributed by atoms with Crippen LogP contribution in [0.4, 0.5) is 22.7 Å². The lowest BCUT2D eigenvalue weighted by Gasteiger charge is -2.15. The van der Waals surface area contributed by atoms with Crippen molar-refractivity contribution in [2.45, 2.75) is 9.79 Å². The van der Waals surface area contributed by atoms with E-state index >= 15 is 0 Å². The van der Waals surface area contributed by atoms with Gasteiger partial charge < -0.3 is 20.1 Å². The standard InChI is InChI=1S/C40H32Cl2N4O8S2/c1-53-37-23-27(7-21-35(37)43-39(47)25-3-13-31(14-4-25)45-55(49,50)33-17-9-29(41)10-18-33)28-8-22-36(38(24-28)54-2)44-40(48)26-5-15-32(16-6-26)46-56(51,52)34-19-11-30(42)12-20-34/h3-24,45-46H,1-2H3,(H,43,47)(H,44,48). The van der Waals surface area contributed by atoms with E-state index in [1.165, 1.54) is 111 Å². The van der Waals surface area contributed by atoms with Crippen molar-refractivity contribution in [1.29, 1.82) is 0 Å². The third kappa shape index (κ3) is 9.41. The van der Waals surface area contributed by atoms with Crippen LogP contribution in [0.5, 0.6) is 11.5 Å². The molecule has 0 aliphatic carbocycles. The number of amides is 2. The highest BCUT2D eigenvalue weighted by Crippen LogP contribution is 2.35. The van der Waals surface area contributed by atoms with Crippen LogP contribution < -0.4 is 29.6 Å². The summed E-state index contributed by atoms with van der Waals surface area (Å²) < 4.78 is 67.0. The molecule has 2 amide bonds. The Morgan fingerprint density at radius 2 is 0.821 bits per heavy atom. The van der Waals surface area contributed by atoms with E-state index in [0.717, 1.165) is 11.1 Å². The average molecular weight is 832 g/mol. The summed E-state index contributed by atoms with van der Waals surface area (Å²) in [6.45, 7) is 0. The molecule has 0 fully saturated rings.